The molecule has 0 spiro atoms. The fourth-order valence-corrected chi connectivity index (χ4v) is 1.50. The minimum Gasteiger partial charge on any atom is -0.481 e. The molecule has 4 nitrogen and oxygen atoms in total. The van der Waals surface area contributed by atoms with Gasteiger partial charge in [-0.25, -0.2) is 4.39 Å². The number of nitrogens with one attached hydrogen (secondary N) is 1. The van der Waals surface area contributed by atoms with Gasteiger partial charge >= 0.3 is 0 Å². The van der Waals surface area contributed by atoms with Crippen molar-refractivity contribution in [3.05, 3.63) is 29.6 Å². The Kier molecular flexibility index (Phi) is 6.29. The summed E-state index contributed by atoms with van der Waals surface area (Å²) in [5, 5.41) is 2.70. The molecule has 3 N–H and O–H groups in total. The zero-order valence-electron chi connectivity index (χ0n) is 11.4. The summed E-state index contributed by atoms with van der Waals surface area (Å²) in [6.45, 7) is 4.87. The summed E-state index contributed by atoms with van der Waals surface area (Å²) in [6.07, 6.45) is 0.617. The molecule has 0 saturated heterocycles. The van der Waals surface area contributed by atoms with Crippen molar-refractivity contribution in [2.45, 2.75) is 20.3 Å². The average Bonchev–Trinajstić information content (AvgIpc) is 2.35. The van der Waals surface area contributed by atoms with Crippen LogP contribution in [0, 0.1) is 11.7 Å². The molecule has 0 aromatic heterocycles. The van der Waals surface area contributed by atoms with Crippen molar-refractivity contribution in [3.63, 3.8) is 0 Å². The molecule has 0 saturated carbocycles. The van der Waals surface area contributed by atoms with E-state index in [9.17, 15) is 9.18 Å². The van der Waals surface area contributed by atoms with Crippen molar-refractivity contribution in [1.82, 2.24) is 5.32 Å². The number of nitrogens with two attached hydrogens (primary N) is 1. The van der Waals surface area contributed by atoms with E-state index in [-0.39, 0.29) is 18.3 Å². The van der Waals surface area contributed by atoms with E-state index in [0.717, 1.165) is 5.56 Å². The fraction of sp³-hybridized carbons (Fsp3) is 0.500. The van der Waals surface area contributed by atoms with E-state index in [1.807, 2.05) is 13.8 Å². The number of hydrogen-bond acceptors (Lipinski definition) is 3. The molecular weight excluding hydrogens is 247 g/mol. The maximum Gasteiger partial charge on any atom is 0.257 e. The first-order valence-corrected chi connectivity index (χ1v) is 6.41. The molecule has 0 atom stereocenters. The molecule has 1 aromatic rings. The molecule has 1 rings (SSSR count). The molecule has 0 aliphatic rings. The molecule has 0 radical (unpaired) electrons. The highest BCUT2D eigenvalue weighted by molar-refractivity contribution is 5.77. The number of rotatable bonds is 7. The van der Waals surface area contributed by atoms with E-state index in [0.29, 0.717) is 25.4 Å². The maximum atomic E-state index is 13.6. The van der Waals surface area contributed by atoms with Gasteiger partial charge in [0.2, 0.25) is 0 Å². The van der Waals surface area contributed by atoms with Crippen LogP contribution in [0.25, 0.3) is 0 Å². The van der Waals surface area contributed by atoms with Crippen LogP contribution < -0.4 is 15.8 Å². The lowest BCUT2D eigenvalue weighted by Gasteiger charge is -2.10. The Bertz CT molecular complexity index is 422. The largest absolute Gasteiger partial charge is 0.481 e. The van der Waals surface area contributed by atoms with Crippen molar-refractivity contribution in [2.24, 2.45) is 11.7 Å². The van der Waals surface area contributed by atoms with Crippen molar-refractivity contribution < 1.29 is 13.9 Å². The Morgan fingerprint density at radius 1 is 1.47 bits per heavy atom. The van der Waals surface area contributed by atoms with Crippen molar-refractivity contribution >= 4 is 5.91 Å². The van der Waals surface area contributed by atoms with Crippen LogP contribution >= 0.6 is 0 Å². The Balaban J connectivity index is 2.47. The summed E-state index contributed by atoms with van der Waals surface area (Å²) in [7, 11) is 0. The fourth-order valence-electron chi connectivity index (χ4n) is 1.50. The normalized spacial score (nSPS) is 10.6. The van der Waals surface area contributed by atoms with Crippen molar-refractivity contribution in [3.8, 4) is 5.75 Å². The first-order valence-electron chi connectivity index (χ1n) is 6.41. The quantitative estimate of drug-likeness (QED) is 0.787. The van der Waals surface area contributed by atoms with Crippen LogP contribution in [-0.4, -0.2) is 25.6 Å². The Morgan fingerprint density at radius 3 is 2.79 bits per heavy atom. The van der Waals surface area contributed by atoms with Gasteiger partial charge in [0.15, 0.2) is 18.2 Å². The van der Waals surface area contributed by atoms with Gasteiger partial charge in [0.1, 0.15) is 0 Å². The predicted molar refractivity (Wildman–Crippen MR) is 72.5 cm³/mol. The number of hydrogen-bond donors (Lipinski definition) is 2. The van der Waals surface area contributed by atoms with Gasteiger partial charge < -0.3 is 15.8 Å². The molecule has 0 aliphatic heterocycles. The molecule has 0 unspecified atom stereocenters. The SMILES string of the molecule is CC(C)CNC(=O)COc1ccc(CCN)cc1F. The number of amides is 1. The third-order valence-electron chi connectivity index (χ3n) is 2.50. The number of carbonyl (C=O) groups is 1. The van der Waals surface area contributed by atoms with Crippen molar-refractivity contribution in [1.29, 1.82) is 0 Å². The molecule has 1 amide bonds. The van der Waals surface area contributed by atoms with Crippen LogP contribution in [0.2, 0.25) is 0 Å². The predicted octanol–water partition coefficient (Wildman–Crippen LogP) is 1.48. The van der Waals surface area contributed by atoms with Gasteiger partial charge in [-0.05, 0) is 36.6 Å². The Labute approximate surface area is 113 Å². The third-order valence-corrected chi connectivity index (χ3v) is 2.50. The highest BCUT2D eigenvalue weighted by atomic mass is 19.1. The van der Waals surface area contributed by atoms with Gasteiger partial charge in [-0.15, -0.1) is 0 Å². The number of ether oxygens (including phenoxy) is 1. The van der Waals surface area contributed by atoms with Crippen LogP contribution in [0.4, 0.5) is 4.39 Å². The molecular formula is C14H21FN2O2. The van der Waals surface area contributed by atoms with Crippen LogP contribution in [-0.2, 0) is 11.2 Å². The zero-order chi connectivity index (χ0) is 14.3. The van der Waals surface area contributed by atoms with Gasteiger partial charge in [-0.2, -0.15) is 0 Å². The lowest BCUT2D eigenvalue weighted by molar-refractivity contribution is -0.123. The van der Waals surface area contributed by atoms with Gasteiger partial charge in [0.25, 0.3) is 5.91 Å². The molecule has 0 heterocycles. The molecule has 19 heavy (non-hydrogen) atoms. The Morgan fingerprint density at radius 2 is 2.21 bits per heavy atom. The van der Waals surface area contributed by atoms with E-state index in [1.165, 1.54) is 12.1 Å². The molecule has 0 bridgehead atoms. The maximum absolute atomic E-state index is 13.6. The summed E-state index contributed by atoms with van der Waals surface area (Å²) in [5.74, 6) is -0.265. The topological polar surface area (TPSA) is 64.3 Å². The molecule has 0 fully saturated rings. The van der Waals surface area contributed by atoms with Gasteiger partial charge in [0, 0.05) is 6.54 Å². The van der Waals surface area contributed by atoms with Crippen LogP contribution in [0.1, 0.15) is 19.4 Å². The second-order valence-electron chi connectivity index (χ2n) is 4.79. The number of halogens is 1. The number of benzene rings is 1. The van der Waals surface area contributed by atoms with E-state index < -0.39 is 5.82 Å². The molecule has 5 heteroatoms. The second-order valence-corrected chi connectivity index (χ2v) is 4.79. The Hall–Kier alpha value is -1.62. The number of carbonyl (C=O) groups excluding carboxylic acids is 1. The first kappa shape index (κ1) is 15.4. The van der Waals surface area contributed by atoms with E-state index in [4.69, 9.17) is 10.5 Å². The van der Waals surface area contributed by atoms with Crippen LogP contribution in [0.15, 0.2) is 18.2 Å². The van der Waals surface area contributed by atoms with Gasteiger partial charge in [-0.3, -0.25) is 4.79 Å². The molecule has 0 aliphatic carbocycles. The van der Waals surface area contributed by atoms with E-state index in [1.54, 1.807) is 6.07 Å². The second kappa shape index (κ2) is 7.74. The monoisotopic (exact) mass is 268 g/mol. The average molecular weight is 268 g/mol. The summed E-state index contributed by atoms with van der Waals surface area (Å²) in [6, 6.07) is 4.65. The van der Waals surface area contributed by atoms with E-state index in [2.05, 4.69) is 5.32 Å². The summed E-state index contributed by atoms with van der Waals surface area (Å²) >= 11 is 0. The first-order chi connectivity index (χ1) is 9.02. The highest BCUT2D eigenvalue weighted by Crippen LogP contribution is 2.18. The van der Waals surface area contributed by atoms with Gasteiger partial charge in [-0.1, -0.05) is 19.9 Å². The highest BCUT2D eigenvalue weighted by Gasteiger charge is 2.08. The zero-order valence-corrected chi connectivity index (χ0v) is 11.4. The summed E-state index contributed by atoms with van der Waals surface area (Å²) in [5.41, 5.74) is 6.21. The summed E-state index contributed by atoms with van der Waals surface area (Å²) < 4.78 is 18.8. The van der Waals surface area contributed by atoms with Crippen molar-refractivity contribution in [2.75, 3.05) is 19.7 Å². The molecule has 1 aromatic carbocycles. The minimum absolute atomic E-state index is 0.0838. The minimum atomic E-state index is -0.470. The lowest BCUT2D eigenvalue weighted by atomic mass is 10.1. The van der Waals surface area contributed by atoms with Crippen LogP contribution in [0.3, 0.4) is 0 Å². The summed E-state index contributed by atoms with van der Waals surface area (Å²) in [4.78, 5) is 11.4. The van der Waals surface area contributed by atoms with E-state index >= 15 is 0 Å². The smallest absolute Gasteiger partial charge is 0.257 e. The standard InChI is InChI=1S/C14H21FN2O2/c1-10(2)8-17-14(18)9-19-13-4-3-11(5-6-16)7-12(13)15/h3-4,7,10H,5-6,8-9,16H2,1-2H3,(H,17,18). The lowest BCUT2D eigenvalue weighted by Crippen LogP contribution is -2.31. The third kappa shape index (κ3) is 5.70. The van der Waals surface area contributed by atoms with Crippen LogP contribution in [0.5, 0.6) is 5.75 Å². The molecule has 106 valence electrons. The van der Waals surface area contributed by atoms with Gasteiger partial charge in [0.05, 0.1) is 0 Å².